The summed E-state index contributed by atoms with van der Waals surface area (Å²) >= 11 is 6.31. The average molecular weight is 525 g/mol. The summed E-state index contributed by atoms with van der Waals surface area (Å²) in [6.07, 6.45) is 9.11. The first-order chi connectivity index (χ1) is 18.5. The van der Waals surface area contributed by atoms with E-state index in [1.165, 1.54) is 19.2 Å². The topological polar surface area (TPSA) is 103 Å². The van der Waals surface area contributed by atoms with Gasteiger partial charge < -0.3 is 10.3 Å². The van der Waals surface area contributed by atoms with Crippen molar-refractivity contribution < 1.29 is 9.84 Å². The number of aromatic nitrogens is 5. The van der Waals surface area contributed by atoms with E-state index >= 15 is 0 Å². The van der Waals surface area contributed by atoms with E-state index in [9.17, 15) is 10.3 Å². The van der Waals surface area contributed by atoms with Crippen molar-refractivity contribution in [3.63, 3.8) is 0 Å². The van der Waals surface area contributed by atoms with Crippen LogP contribution in [0.2, 0.25) is 5.02 Å². The number of halogens is 1. The highest BCUT2D eigenvalue weighted by molar-refractivity contribution is 6.31. The summed E-state index contributed by atoms with van der Waals surface area (Å²) in [4.78, 5) is 4.97. The Morgan fingerprint density at radius 1 is 1.16 bits per heavy atom. The Bertz CT molecular complexity index is 1590. The molecule has 4 aromatic rings. The van der Waals surface area contributed by atoms with E-state index in [4.69, 9.17) is 16.6 Å². The van der Waals surface area contributed by atoms with Gasteiger partial charge in [-0.2, -0.15) is 9.41 Å². The number of benzene rings is 2. The standard InChI is InChI=1S/C29H25ClN6O2/c1-18(37)20-3-2-4-21(14-20)26-9-10-27(32-26)25(13-19-5-6-19)29-11-7-22(16-36(29)38)24-15-23(30)8-12-28(24)35-17-31-33-34-35/h2-4,7-9,11-12,14-17,19,25,37H,1,5-6,10,13H2. The number of nitrogens with zero attached hydrogens (tertiary/aromatic N) is 6. The zero-order chi connectivity index (χ0) is 26.2. The molecule has 3 heterocycles. The molecule has 1 fully saturated rings. The van der Waals surface area contributed by atoms with Gasteiger partial charge in [0.25, 0.3) is 0 Å². The Labute approximate surface area is 224 Å². The van der Waals surface area contributed by atoms with Crippen molar-refractivity contribution in [3.8, 4) is 16.8 Å². The molecule has 2 aromatic heterocycles. The lowest BCUT2D eigenvalue weighted by atomic mass is 9.90. The van der Waals surface area contributed by atoms with Crippen LogP contribution >= 0.6 is 11.6 Å². The van der Waals surface area contributed by atoms with Crippen molar-refractivity contribution >= 4 is 28.8 Å². The van der Waals surface area contributed by atoms with E-state index < -0.39 is 0 Å². The maximum atomic E-state index is 13.5. The summed E-state index contributed by atoms with van der Waals surface area (Å²) in [7, 11) is 0. The number of aliphatic imine (C=N–C) groups is 1. The molecule has 1 atom stereocenters. The molecule has 0 spiro atoms. The summed E-state index contributed by atoms with van der Waals surface area (Å²) < 4.78 is 2.51. The Balaban J connectivity index is 1.34. The lowest BCUT2D eigenvalue weighted by Gasteiger charge is -2.18. The molecule has 0 bridgehead atoms. The highest BCUT2D eigenvalue weighted by Crippen LogP contribution is 2.41. The number of rotatable bonds is 8. The molecule has 6 rings (SSSR count). The van der Waals surface area contributed by atoms with Crippen LogP contribution in [0, 0.1) is 11.1 Å². The minimum Gasteiger partial charge on any atom is -0.618 e. The van der Waals surface area contributed by atoms with E-state index in [0.29, 0.717) is 28.6 Å². The van der Waals surface area contributed by atoms with Gasteiger partial charge in [-0.05, 0) is 53.1 Å². The SMILES string of the molecule is C=C(O)c1cccc(C2=CCC(C(CC3CC3)c3ccc(-c4cc(Cl)ccc4-n4cnnn4)c[n+]3[O-])=N2)c1. The number of aliphatic hydroxyl groups excluding tert-OH is 1. The second-order valence-corrected chi connectivity index (χ2v) is 10.2. The van der Waals surface area contributed by atoms with E-state index in [2.05, 4.69) is 28.2 Å². The van der Waals surface area contributed by atoms with Crippen molar-refractivity contribution in [2.45, 2.75) is 31.6 Å². The van der Waals surface area contributed by atoms with Crippen LogP contribution in [0.1, 0.15) is 48.4 Å². The predicted molar refractivity (Wildman–Crippen MR) is 147 cm³/mol. The maximum Gasteiger partial charge on any atom is 0.201 e. The van der Waals surface area contributed by atoms with Gasteiger partial charge in [0.1, 0.15) is 12.1 Å². The number of hydrogen-bond acceptors (Lipinski definition) is 6. The zero-order valence-corrected chi connectivity index (χ0v) is 21.3. The fourth-order valence-electron chi connectivity index (χ4n) is 4.95. The third-order valence-electron chi connectivity index (χ3n) is 7.10. The number of hydrogen-bond donors (Lipinski definition) is 1. The van der Waals surface area contributed by atoms with Gasteiger partial charge in [-0.25, -0.2) is 0 Å². The van der Waals surface area contributed by atoms with Crippen molar-refractivity contribution in [3.05, 3.63) is 107 Å². The molecule has 1 saturated carbocycles. The second-order valence-electron chi connectivity index (χ2n) is 9.74. The first kappa shape index (κ1) is 24.1. The monoisotopic (exact) mass is 524 g/mol. The van der Waals surface area contributed by atoms with E-state index in [-0.39, 0.29) is 11.7 Å². The smallest absolute Gasteiger partial charge is 0.201 e. The lowest BCUT2D eigenvalue weighted by molar-refractivity contribution is -0.614. The largest absolute Gasteiger partial charge is 0.618 e. The Kier molecular flexibility index (Phi) is 6.25. The number of pyridine rings is 1. The van der Waals surface area contributed by atoms with Gasteiger partial charge in [-0.15, -0.1) is 5.10 Å². The highest BCUT2D eigenvalue weighted by Gasteiger charge is 2.34. The quantitative estimate of drug-likeness (QED) is 0.175. The second kappa shape index (κ2) is 9.87. The van der Waals surface area contributed by atoms with Gasteiger partial charge in [-0.1, -0.05) is 55.3 Å². The Hall–Kier alpha value is -4.30. The fourth-order valence-corrected chi connectivity index (χ4v) is 5.13. The van der Waals surface area contributed by atoms with Gasteiger partial charge in [0, 0.05) is 45.5 Å². The van der Waals surface area contributed by atoms with Crippen molar-refractivity contribution in [2.24, 2.45) is 10.9 Å². The molecule has 1 aliphatic carbocycles. The van der Waals surface area contributed by atoms with Crippen LogP contribution in [0.4, 0.5) is 0 Å². The van der Waals surface area contributed by atoms with Crippen LogP contribution in [-0.4, -0.2) is 31.0 Å². The van der Waals surface area contributed by atoms with Crippen LogP contribution in [0.5, 0.6) is 0 Å². The molecule has 0 radical (unpaired) electrons. The Morgan fingerprint density at radius 3 is 2.76 bits per heavy atom. The molecular formula is C29H25ClN6O2. The molecular weight excluding hydrogens is 500 g/mol. The number of aliphatic hydroxyl groups is 1. The van der Waals surface area contributed by atoms with E-state index in [1.807, 2.05) is 48.5 Å². The van der Waals surface area contributed by atoms with Crippen LogP contribution in [0.3, 0.4) is 0 Å². The molecule has 1 unspecified atom stereocenters. The van der Waals surface area contributed by atoms with Gasteiger partial charge in [0.05, 0.1) is 17.3 Å². The van der Waals surface area contributed by atoms with Crippen LogP contribution in [0.15, 0.2) is 84.8 Å². The molecule has 9 heteroatoms. The molecule has 1 N–H and O–H groups in total. The normalized spacial score (nSPS) is 15.7. The summed E-state index contributed by atoms with van der Waals surface area (Å²) in [6.45, 7) is 3.62. The van der Waals surface area contributed by atoms with Gasteiger partial charge >= 0.3 is 0 Å². The summed E-state index contributed by atoms with van der Waals surface area (Å²) in [6, 6.07) is 16.8. The van der Waals surface area contributed by atoms with Gasteiger partial charge in [-0.3, -0.25) is 4.99 Å². The molecule has 1 aliphatic heterocycles. The van der Waals surface area contributed by atoms with Gasteiger partial charge in [0.2, 0.25) is 5.69 Å². The zero-order valence-electron chi connectivity index (χ0n) is 20.5. The van der Waals surface area contributed by atoms with Crippen molar-refractivity contribution in [1.29, 1.82) is 0 Å². The predicted octanol–water partition coefficient (Wildman–Crippen LogP) is 5.91. The highest BCUT2D eigenvalue weighted by atomic mass is 35.5. The molecule has 2 aliphatic rings. The van der Waals surface area contributed by atoms with E-state index in [0.717, 1.165) is 44.9 Å². The van der Waals surface area contributed by atoms with Gasteiger partial charge in [0.15, 0.2) is 6.20 Å². The molecule has 0 saturated heterocycles. The molecule has 2 aromatic carbocycles. The summed E-state index contributed by atoms with van der Waals surface area (Å²) in [5.41, 5.74) is 6.29. The van der Waals surface area contributed by atoms with E-state index in [1.54, 1.807) is 16.9 Å². The summed E-state index contributed by atoms with van der Waals surface area (Å²) in [5.74, 6) is 0.542. The molecule has 8 nitrogen and oxygen atoms in total. The van der Waals surface area contributed by atoms with Crippen molar-refractivity contribution in [2.75, 3.05) is 0 Å². The first-order valence-electron chi connectivity index (χ1n) is 12.5. The number of allylic oxidation sites excluding steroid dienone is 1. The molecule has 38 heavy (non-hydrogen) atoms. The third kappa shape index (κ3) is 4.82. The third-order valence-corrected chi connectivity index (χ3v) is 7.33. The number of tetrazole rings is 1. The van der Waals surface area contributed by atoms with Crippen LogP contribution in [-0.2, 0) is 0 Å². The maximum absolute atomic E-state index is 13.5. The average Bonchev–Trinajstić information content (AvgIpc) is 3.36. The molecule has 190 valence electrons. The lowest BCUT2D eigenvalue weighted by Crippen LogP contribution is -2.35. The minimum atomic E-state index is -0.0860. The van der Waals surface area contributed by atoms with Crippen molar-refractivity contribution in [1.82, 2.24) is 20.2 Å². The minimum absolute atomic E-state index is 0.0247. The van der Waals surface area contributed by atoms with Crippen LogP contribution < -0.4 is 4.73 Å². The first-order valence-corrected chi connectivity index (χ1v) is 12.9. The Morgan fingerprint density at radius 2 is 2.03 bits per heavy atom. The van der Waals surface area contributed by atoms with Crippen LogP contribution in [0.25, 0.3) is 28.3 Å². The fraction of sp³-hybridized carbons (Fsp3) is 0.207. The molecule has 0 amide bonds. The summed E-state index contributed by atoms with van der Waals surface area (Å²) in [5, 5.41) is 35.3.